The number of nitrogens with one attached hydrogen (secondary N) is 1. The Balaban J connectivity index is 1.69. The van der Waals surface area contributed by atoms with Crippen LogP contribution in [0, 0.1) is 6.92 Å². The Hall–Kier alpha value is -2.96. The Morgan fingerprint density at radius 2 is 1.96 bits per heavy atom. The number of fused-ring (bicyclic) bond motifs is 1. The van der Waals surface area contributed by atoms with Crippen LogP contribution in [0.1, 0.15) is 11.3 Å². The number of rotatable bonds is 5. The van der Waals surface area contributed by atoms with E-state index in [-0.39, 0.29) is 6.61 Å². The van der Waals surface area contributed by atoms with Crippen LogP contribution in [0.2, 0.25) is 0 Å². The van der Waals surface area contributed by atoms with Crippen LogP contribution >= 0.6 is 11.3 Å². The Morgan fingerprint density at radius 3 is 2.77 bits per heavy atom. The Labute approximate surface area is 154 Å². The first-order chi connectivity index (χ1) is 12.7. The maximum absolute atomic E-state index is 9.64. The number of nitrogens with zero attached hydrogens (tertiary/aromatic N) is 2. The van der Waals surface area contributed by atoms with Crippen LogP contribution in [0.4, 0.5) is 10.9 Å². The highest BCUT2D eigenvalue weighted by molar-refractivity contribution is 7.13. The van der Waals surface area contributed by atoms with Crippen molar-refractivity contribution in [3.63, 3.8) is 0 Å². The highest BCUT2D eigenvalue weighted by atomic mass is 32.1. The summed E-state index contributed by atoms with van der Waals surface area (Å²) in [6, 6.07) is 15.7. The van der Waals surface area contributed by atoms with E-state index in [1.165, 1.54) is 11.3 Å². The Morgan fingerprint density at radius 1 is 1.12 bits per heavy atom. The van der Waals surface area contributed by atoms with Crippen molar-refractivity contribution in [3.8, 4) is 11.5 Å². The molecule has 0 saturated carbocycles. The summed E-state index contributed by atoms with van der Waals surface area (Å²) in [7, 11) is 0. The lowest BCUT2D eigenvalue weighted by Crippen LogP contribution is -1.98. The van der Waals surface area contributed by atoms with Gasteiger partial charge in [-0.3, -0.25) is 0 Å². The van der Waals surface area contributed by atoms with Crippen molar-refractivity contribution in [3.05, 3.63) is 71.4 Å². The molecule has 5 nitrogen and oxygen atoms in total. The van der Waals surface area contributed by atoms with Crippen LogP contribution in [0.15, 0.2) is 60.1 Å². The third kappa shape index (κ3) is 3.37. The molecule has 2 heterocycles. The van der Waals surface area contributed by atoms with Crippen molar-refractivity contribution < 1.29 is 9.84 Å². The van der Waals surface area contributed by atoms with E-state index < -0.39 is 0 Å². The van der Waals surface area contributed by atoms with Crippen LogP contribution in [-0.4, -0.2) is 15.1 Å². The smallest absolute Gasteiger partial charge is 0.188 e. The van der Waals surface area contributed by atoms with E-state index in [0.717, 1.165) is 27.3 Å². The van der Waals surface area contributed by atoms with Gasteiger partial charge < -0.3 is 15.2 Å². The first-order valence-corrected chi connectivity index (χ1v) is 9.05. The fourth-order valence-electron chi connectivity index (χ4n) is 2.67. The van der Waals surface area contributed by atoms with Gasteiger partial charge in [0.05, 0.1) is 12.3 Å². The van der Waals surface area contributed by atoms with Gasteiger partial charge in [-0.1, -0.05) is 36.4 Å². The van der Waals surface area contributed by atoms with Gasteiger partial charge in [-0.25, -0.2) is 9.97 Å². The molecule has 2 aromatic carbocycles. The van der Waals surface area contributed by atoms with Crippen LogP contribution < -0.4 is 10.1 Å². The molecule has 0 aliphatic rings. The summed E-state index contributed by atoms with van der Waals surface area (Å²) >= 11 is 1.51. The molecule has 4 aromatic rings. The molecular formula is C20H17N3O2S. The van der Waals surface area contributed by atoms with Crippen molar-refractivity contribution in [2.24, 2.45) is 0 Å². The molecule has 0 amide bonds. The molecule has 0 spiro atoms. The molecule has 0 aliphatic carbocycles. The average molecular weight is 363 g/mol. The summed E-state index contributed by atoms with van der Waals surface area (Å²) < 4.78 is 6.14. The largest absolute Gasteiger partial charge is 0.456 e. The highest BCUT2D eigenvalue weighted by Gasteiger charge is 2.10. The Bertz CT molecular complexity index is 1060. The molecule has 0 unspecified atom stereocenters. The van der Waals surface area contributed by atoms with Crippen molar-refractivity contribution in [2.75, 3.05) is 5.32 Å². The molecule has 0 atom stereocenters. The predicted octanol–water partition coefficient (Wildman–Crippen LogP) is 5.03. The highest BCUT2D eigenvalue weighted by Crippen LogP contribution is 2.33. The van der Waals surface area contributed by atoms with E-state index in [1.807, 2.05) is 54.8 Å². The number of hydrogen-bond acceptors (Lipinski definition) is 6. The average Bonchev–Trinajstić information content (AvgIpc) is 3.07. The van der Waals surface area contributed by atoms with Crippen molar-refractivity contribution >= 4 is 33.1 Å². The third-order valence-electron chi connectivity index (χ3n) is 3.94. The summed E-state index contributed by atoms with van der Waals surface area (Å²) in [4.78, 5) is 8.71. The summed E-state index contributed by atoms with van der Waals surface area (Å²) in [5.74, 6) is 1.92. The number of pyridine rings is 1. The molecular weight excluding hydrogens is 346 g/mol. The van der Waals surface area contributed by atoms with Crippen molar-refractivity contribution in [2.45, 2.75) is 13.5 Å². The minimum atomic E-state index is -0.149. The van der Waals surface area contributed by atoms with Crippen LogP contribution in [-0.2, 0) is 6.61 Å². The molecule has 0 saturated heterocycles. The first kappa shape index (κ1) is 16.5. The van der Waals surface area contributed by atoms with Gasteiger partial charge in [-0.2, -0.15) is 0 Å². The summed E-state index contributed by atoms with van der Waals surface area (Å²) in [6.45, 7) is 1.79. The fraction of sp³-hybridized carbons (Fsp3) is 0.100. The van der Waals surface area contributed by atoms with E-state index in [1.54, 1.807) is 12.3 Å². The topological polar surface area (TPSA) is 67.3 Å². The lowest BCUT2D eigenvalue weighted by atomic mass is 10.1. The standard InChI is InChI=1S/C20H17N3O2S/c1-13-12-26-20(22-13)23-19-9-18(15(11-24)10-21-19)25-17-8-4-6-14-5-2-3-7-16(14)17/h2-10,12,24H,11H2,1H3,(H,21,22,23). The van der Waals surface area contributed by atoms with Gasteiger partial charge >= 0.3 is 0 Å². The first-order valence-electron chi connectivity index (χ1n) is 8.17. The molecule has 26 heavy (non-hydrogen) atoms. The molecule has 0 aliphatic heterocycles. The zero-order chi connectivity index (χ0) is 17.9. The lowest BCUT2D eigenvalue weighted by molar-refractivity contribution is 0.276. The van der Waals surface area contributed by atoms with E-state index >= 15 is 0 Å². The van der Waals surface area contributed by atoms with Gasteiger partial charge in [0.25, 0.3) is 0 Å². The number of ether oxygens (including phenoxy) is 1. The monoisotopic (exact) mass is 363 g/mol. The molecule has 130 valence electrons. The predicted molar refractivity (Wildman–Crippen MR) is 104 cm³/mol. The van der Waals surface area contributed by atoms with Gasteiger partial charge in [-0.05, 0) is 18.4 Å². The second-order valence-electron chi connectivity index (χ2n) is 5.83. The van der Waals surface area contributed by atoms with Crippen LogP contribution in [0.25, 0.3) is 10.8 Å². The molecule has 6 heteroatoms. The van der Waals surface area contributed by atoms with Crippen LogP contribution in [0.3, 0.4) is 0 Å². The summed E-state index contributed by atoms with van der Waals surface area (Å²) in [5, 5.41) is 17.7. The number of aryl methyl sites for hydroxylation is 1. The second-order valence-corrected chi connectivity index (χ2v) is 6.69. The third-order valence-corrected chi connectivity index (χ3v) is 4.81. The molecule has 0 radical (unpaired) electrons. The van der Waals surface area contributed by atoms with Gasteiger partial charge in [0.1, 0.15) is 17.3 Å². The van der Waals surface area contributed by atoms with Crippen LogP contribution in [0.5, 0.6) is 11.5 Å². The maximum Gasteiger partial charge on any atom is 0.188 e. The minimum absolute atomic E-state index is 0.149. The maximum atomic E-state index is 9.64. The van der Waals surface area contributed by atoms with Gasteiger partial charge in [0.2, 0.25) is 0 Å². The number of thiazole rings is 1. The number of anilines is 2. The molecule has 0 fully saturated rings. The number of aromatic nitrogens is 2. The summed E-state index contributed by atoms with van der Waals surface area (Å²) in [5.41, 5.74) is 1.58. The van der Waals surface area contributed by atoms with Gasteiger partial charge in [-0.15, -0.1) is 11.3 Å². The molecule has 4 rings (SSSR count). The number of aliphatic hydroxyl groups excluding tert-OH is 1. The number of hydrogen-bond donors (Lipinski definition) is 2. The molecule has 2 N–H and O–H groups in total. The lowest BCUT2D eigenvalue weighted by Gasteiger charge is -2.13. The normalized spacial score (nSPS) is 10.8. The summed E-state index contributed by atoms with van der Waals surface area (Å²) in [6.07, 6.45) is 1.61. The molecule has 0 bridgehead atoms. The van der Waals surface area contributed by atoms with Crippen molar-refractivity contribution in [1.82, 2.24) is 9.97 Å². The van der Waals surface area contributed by atoms with Gasteiger partial charge in [0, 0.05) is 28.6 Å². The quantitative estimate of drug-likeness (QED) is 0.521. The number of benzene rings is 2. The van der Waals surface area contributed by atoms with Gasteiger partial charge in [0.15, 0.2) is 5.13 Å². The fourth-order valence-corrected chi connectivity index (χ4v) is 3.37. The molecule has 2 aromatic heterocycles. The zero-order valence-corrected chi connectivity index (χ0v) is 15.0. The van der Waals surface area contributed by atoms with E-state index in [9.17, 15) is 5.11 Å². The Kier molecular flexibility index (Phi) is 4.51. The van der Waals surface area contributed by atoms with E-state index in [4.69, 9.17) is 4.74 Å². The van der Waals surface area contributed by atoms with E-state index in [0.29, 0.717) is 17.1 Å². The minimum Gasteiger partial charge on any atom is -0.456 e. The van der Waals surface area contributed by atoms with E-state index in [2.05, 4.69) is 15.3 Å². The SMILES string of the molecule is Cc1csc(Nc2cc(Oc3cccc4ccccc34)c(CO)cn2)n1. The second kappa shape index (κ2) is 7.11. The van der Waals surface area contributed by atoms with Crippen molar-refractivity contribution in [1.29, 1.82) is 0 Å². The number of aliphatic hydroxyl groups is 1. The zero-order valence-electron chi connectivity index (χ0n) is 14.1.